The quantitative estimate of drug-likeness (QED) is 0.875. The molecule has 1 aromatic carbocycles. The summed E-state index contributed by atoms with van der Waals surface area (Å²) in [5.74, 6) is 0.0245. The Kier molecular flexibility index (Phi) is 4.91. The van der Waals surface area contributed by atoms with Crippen molar-refractivity contribution in [3.05, 3.63) is 29.8 Å². The molecule has 2 heterocycles. The second kappa shape index (κ2) is 7.11. The Morgan fingerprint density at radius 2 is 1.84 bits per heavy atom. The number of carbonyl (C=O) groups is 2. The number of nitrogens with zero attached hydrogens (tertiary/aromatic N) is 3. The van der Waals surface area contributed by atoms with E-state index in [1.807, 2.05) is 11.0 Å². The summed E-state index contributed by atoms with van der Waals surface area (Å²) in [6, 6.07) is 8.49. The lowest BCUT2D eigenvalue weighted by molar-refractivity contribution is 0.0578. The minimum atomic E-state index is -1.11. The van der Waals surface area contributed by atoms with Crippen LogP contribution in [0.2, 0.25) is 0 Å². The zero-order valence-corrected chi connectivity index (χ0v) is 14.1. The fraction of sp³-hybridized carbons (Fsp3) is 0.500. The molecule has 2 aliphatic heterocycles. The van der Waals surface area contributed by atoms with Crippen molar-refractivity contribution < 1.29 is 14.7 Å². The Labute approximate surface area is 146 Å². The van der Waals surface area contributed by atoms with Crippen LogP contribution in [-0.2, 0) is 0 Å². The summed E-state index contributed by atoms with van der Waals surface area (Å²) in [4.78, 5) is 27.9. The van der Waals surface area contributed by atoms with Gasteiger partial charge in [0.2, 0.25) is 0 Å². The molecule has 0 aromatic heterocycles. The normalized spacial score (nSPS) is 22.7. The summed E-state index contributed by atoms with van der Waals surface area (Å²) in [7, 11) is 0. The molecule has 25 heavy (non-hydrogen) atoms. The lowest BCUT2D eigenvalue weighted by Gasteiger charge is -2.21. The highest BCUT2D eigenvalue weighted by Crippen LogP contribution is 2.25. The zero-order valence-electron chi connectivity index (χ0n) is 14.1. The Morgan fingerprint density at radius 1 is 1.16 bits per heavy atom. The van der Waals surface area contributed by atoms with Crippen molar-refractivity contribution in [3.8, 4) is 6.07 Å². The minimum Gasteiger partial charge on any atom is -0.387 e. The summed E-state index contributed by atoms with van der Waals surface area (Å²) in [5, 5.41) is 21.7. The fourth-order valence-corrected chi connectivity index (χ4v) is 3.32. The van der Waals surface area contributed by atoms with Crippen LogP contribution in [0.25, 0.3) is 0 Å². The highest BCUT2D eigenvalue weighted by atomic mass is 16.3. The number of nitrogens with one attached hydrogen (secondary N) is 1. The van der Waals surface area contributed by atoms with Gasteiger partial charge in [-0.2, -0.15) is 5.26 Å². The monoisotopic (exact) mass is 342 g/mol. The van der Waals surface area contributed by atoms with Gasteiger partial charge in [0.05, 0.1) is 24.6 Å². The molecule has 2 N–H and O–H groups in total. The molecule has 1 aromatic rings. The van der Waals surface area contributed by atoms with Crippen LogP contribution in [-0.4, -0.2) is 58.6 Å². The molecule has 0 aliphatic carbocycles. The molecule has 1 unspecified atom stereocenters. The molecular weight excluding hydrogens is 320 g/mol. The van der Waals surface area contributed by atoms with Crippen LogP contribution in [0.15, 0.2) is 24.3 Å². The molecule has 0 bridgehead atoms. The second-order valence-corrected chi connectivity index (χ2v) is 6.74. The molecule has 7 heteroatoms. The number of aliphatic hydroxyl groups is 1. The third-order valence-electron chi connectivity index (χ3n) is 4.80. The van der Waals surface area contributed by atoms with Gasteiger partial charge in [0, 0.05) is 30.9 Å². The molecule has 0 saturated carbocycles. The number of nitriles is 1. The summed E-state index contributed by atoms with van der Waals surface area (Å²) in [6.45, 7) is 2.17. The SMILES string of the molecule is N#CCC1(O)CCN(C(=O)Nc2ccc(C(=O)N3CCCC3)cc2)C1. The third kappa shape index (κ3) is 3.91. The molecule has 3 rings (SSSR count). The van der Waals surface area contributed by atoms with Crippen molar-refractivity contribution in [2.24, 2.45) is 0 Å². The fourth-order valence-electron chi connectivity index (χ4n) is 3.32. The van der Waals surface area contributed by atoms with Gasteiger partial charge in [-0.1, -0.05) is 0 Å². The number of amides is 3. The molecule has 2 fully saturated rings. The van der Waals surface area contributed by atoms with Crippen molar-refractivity contribution in [2.75, 3.05) is 31.5 Å². The average molecular weight is 342 g/mol. The lowest BCUT2D eigenvalue weighted by atomic mass is 10.0. The van der Waals surface area contributed by atoms with Crippen LogP contribution in [0.3, 0.4) is 0 Å². The third-order valence-corrected chi connectivity index (χ3v) is 4.80. The molecule has 3 amide bonds. The van der Waals surface area contributed by atoms with Gasteiger partial charge in [-0.25, -0.2) is 4.79 Å². The van der Waals surface area contributed by atoms with E-state index < -0.39 is 5.60 Å². The number of rotatable bonds is 3. The molecule has 0 radical (unpaired) electrons. The Balaban J connectivity index is 1.57. The van der Waals surface area contributed by atoms with Crippen molar-refractivity contribution in [2.45, 2.75) is 31.3 Å². The number of urea groups is 1. The van der Waals surface area contributed by atoms with E-state index >= 15 is 0 Å². The molecule has 2 aliphatic rings. The van der Waals surface area contributed by atoms with E-state index in [0.29, 0.717) is 24.2 Å². The summed E-state index contributed by atoms with van der Waals surface area (Å²) in [6.07, 6.45) is 2.52. The summed E-state index contributed by atoms with van der Waals surface area (Å²) in [5.41, 5.74) is 0.0983. The van der Waals surface area contributed by atoms with Gasteiger partial charge in [0.1, 0.15) is 0 Å². The molecule has 0 spiro atoms. The van der Waals surface area contributed by atoms with Gasteiger partial charge >= 0.3 is 6.03 Å². The van der Waals surface area contributed by atoms with E-state index in [4.69, 9.17) is 5.26 Å². The first-order valence-electron chi connectivity index (χ1n) is 8.55. The molecule has 1 atom stereocenters. The maximum Gasteiger partial charge on any atom is 0.321 e. The zero-order chi connectivity index (χ0) is 17.9. The number of hydrogen-bond donors (Lipinski definition) is 2. The van der Waals surface area contributed by atoms with Gasteiger partial charge in [0.15, 0.2) is 0 Å². The average Bonchev–Trinajstić information content (AvgIpc) is 3.25. The van der Waals surface area contributed by atoms with Crippen molar-refractivity contribution in [1.82, 2.24) is 9.80 Å². The largest absolute Gasteiger partial charge is 0.387 e. The number of β-amino-alcohol motifs (C(OH)–C–C–N with tert-alkyl or cyclic N) is 1. The topological polar surface area (TPSA) is 96.7 Å². The van der Waals surface area contributed by atoms with Crippen molar-refractivity contribution in [3.63, 3.8) is 0 Å². The van der Waals surface area contributed by atoms with Crippen LogP contribution in [0.1, 0.15) is 36.0 Å². The summed E-state index contributed by atoms with van der Waals surface area (Å²) < 4.78 is 0. The van der Waals surface area contributed by atoms with E-state index in [1.54, 1.807) is 24.3 Å². The maximum absolute atomic E-state index is 12.3. The van der Waals surface area contributed by atoms with E-state index in [1.165, 1.54) is 4.90 Å². The van der Waals surface area contributed by atoms with Crippen LogP contribution in [0.5, 0.6) is 0 Å². The minimum absolute atomic E-state index is 0.0179. The Morgan fingerprint density at radius 3 is 2.48 bits per heavy atom. The van der Waals surface area contributed by atoms with Crippen LogP contribution in [0.4, 0.5) is 10.5 Å². The predicted octanol–water partition coefficient (Wildman–Crippen LogP) is 1.80. The van der Waals surface area contributed by atoms with Crippen molar-refractivity contribution in [1.29, 1.82) is 5.26 Å². The van der Waals surface area contributed by atoms with Gasteiger partial charge in [0.25, 0.3) is 5.91 Å². The smallest absolute Gasteiger partial charge is 0.321 e. The molecular formula is C18H22N4O3. The lowest BCUT2D eigenvalue weighted by Crippen LogP contribution is -2.38. The number of benzene rings is 1. The van der Waals surface area contributed by atoms with Gasteiger partial charge in [-0.3, -0.25) is 4.79 Å². The number of likely N-dealkylation sites (tertiary alicyclic amines) is 2. The first-order chi connectivity index (χ1) is 12.0. The predicted molar refractivity (Wildman–Crippen MR) is 92.0 cm³/mol. The first-order valence-corrected chi connectivity index (χ1v) is 8.55. The second-order valence-electron chi connectivity index (χ2n) is 6.74. The van der Waals surface area contributed by atoms with Gasteiger partial charge in [-0.15, -0.1) is 0 Å². The van der Waals surface area contributed by atoms with E-state index in [2.05, 4.69) is 5.32 Å². The number of hydrogen-bond acceptors (Lipinski definition) is 4. The molecule has 132 valence electrons. The van der Waals surface area contributed by atoms with Gasteiger partial charge in [-0.05, 0) is 43.5 Å². The van der Waals surface area contributed by atoms with E-state index in [9.17, 15) is 14.7 Å². The van der Waals surface area contributed by atoms with Crippen LogP contribution < -0.4 is 5.32 Å². The number of carbonyl (C=O) groups excluding carboxylic acids is 2. The highest BCUT2D eigenvalue weighted by Gasteiger charge is 2.38. The first kappa shape index (κ1) is 17.2. The number of anilines is 1. The standard InChI is InChI=1S/C18H22N4O3/c19-9-7-18(25)8-12-22(13-18)17(24)20-15-5-3-14(4-6-15)16(23)21-10-1-2-11-21/h3-6,25H,1-2,7-8,10-13H2,(H,20,24). The van der Waals surface area contributed by atoms with Gasteiger partial charge < -0.3 is 20.2 Å². The maximum atomic E-state index is 12.3. The Hall–Kier alpha value is -2.59. The summed E-state index contributed by atoms with van der Waals surface area (Å²) >= 11 is 0. The van der Waals surface area contributed by atoms with Crippen LogP contribution >= 0.6 is 0 Å². The van der Waals surface area contributed by atoms with E-state index in [0.717, 1.165) is 25.9 Å². The molecule has 2 saturated heterocycles. The molecule has 7 nitrogen and oxygen atoms in total. The van der Waals surface area contributed by atoms with Crippen molar-refractivity contribution >= 4 is 17.6 Å². The van der Waals surface area contributed by atoms with Crippen LogP contribution in [0, 0.1) is 11.3 Å². The van der Waals surface area contributed by atoms with E-state index in [-0.39, 0.29) is 24.9 Å². The Bertz CT molecular complexity index is 691. The highest BCUT2D eigenvalue weighted by molar-refractivity contribution is 5.95.